The van der Waals surface area contributed by atoms with Crippen molar-refractivity contribution in [1.82, 2.24) is 0 Å². The molecule has 1 fully saturated rings. The highest BCUT2D eigenvalue weighted by Crippen LogP contribution is 2.30. The SMILES string of the molecule is COC1O[C@H](CO)[C@@H](OCc2ccccc2)[C@H](OCc2ccccc2)[C@H]1OC(=O)c1ccccc1. The smallest absolute Gasteiger partial charge is 0.338 e. The average molecular weight is 479 g/mol. The maximum atomic E-state index is 13.0. The highest BCUT2D eigenvalue weighted by Gasteiger charge is 2.50. The van der Waals surface area contributed by atoms with Gasteiger partial charge in [-0.05, 0) is 23.3 Å². The summed E-state index contributed by atoms with van der Waals surface area (Å²) in [7, 11) is 1.46. The van der Waals surface area contributed by atoms with Crippen molar-refractivity contribution < 1.29 is 33.6 Å². The van der Waals surface area contributed by atoms with E-state index in [9.17, 15) is 9.90 Å². The van der Waals surface area contributed by atoms with Crippen molar-refractivity contribution in [3.05, 3.63) is 108 Å². The van der Waals surface area contributed by atoms with Crippen molar-refractivity contribution in [2.24, 2.45) is 0 Å². The fourth-order valence-electron chi connectivity index (χ4n) is 4.03. The first-order chi connectivity index (χ1) is 17.2. The third kappa shape index (κ3) is 6.54. The van der Waals surface area contributed by atoms with Crippen LogP contribution in [0.4, 0.5) is 0 Å². The third-order valence-corrected chi connectivity index (χ3v) is 5.83. The number of rotatable bonds is 10. The molecule has 0 amide bonds. The Morgan fingerprint density at radius 2 is 1.29 bits per heavy atom. The molecule has 3 aromatic carbocycles. The zero-order valence-electron chi connectivity index (χ0n) is 19.6. The molecule has 3 aromatic rings. The lowest BCUT2D eigenvalue weighted by Crippen LogP contribution is -2.61. The van der Waals surface area contributed by atoms with Gasteiger partial charge in [-0.3, -0.25) is 0 Å². The Balaban J connectivity index is 1.60. The fraction of sp³-hybridized carbons (Fsp3) is 0.321. The number of benzene rings is 3. The van der Waals surface area contributed by atoms with E-state index in [4.69, 9.17) is 23.7 Å². The number of ether oxygens (including phenoxy) is 5. The predicted octanol–water partition coefficient (Wildman–Crippen LogP) is 3.75. The van der Waals surface area contributed by atoms with Crippen molar-refractivity contribution >= 4 is 5.97 Å². The quantitative estimate of drug-likeness (QED) is 0.445. The summed E-state index contributed by atoms with van der Waals surface area (Å²) < 4.78 is 29.9. The summed E-state index contributed by atoms with van der Waals surface area (Å²) in [5.74, 6) is -0.529. The van der Waals surface area contributed by atoms with E-state index in [2.05, 4.69) is 0 Å². The lowest BCUT2D eigenvalue weighted by molar-refractivity contribution is -0.310. The Morgan fingerprint density at radius 1 is 0.771 bits per heavy atom. The van der Waals surface area contributed by atoms with Crippen LogP contribution in [0.2, 0.25) is 0 Å². The van der Waals surface area contributed by atoms with E-state index < -0.39 is 36.7 Å². The monoisotopic (exact) mass is 478 g/mol. The van der Waals surface area contributed by atoms with Crippen LogP contribution in [0.1, 0.15) is 21.5 Å². The topological polar surface area (TPSA) is 83.5 Å². The molecule has 1 aliphatic rings. The number of aliphatic hydroxyl groups is 1. The lowest BCUT2D eigenvalue weighted by Gasteiger charge is -2.44. The minimum absolute atomic E-state index is 0.255. The summed E-state index contributed by atoms with van der Waals surface area (Å²) in [5, 5.41) is 10.1. The molecule has 1 heterocycles. The summed E-state index contributed by atoms with van der Waals surface area (Å²) in [6.07, 6.45) is -4.10. The molecule has 4 rings (SSSR count). The summed E-state index contributed by atoms with van der Waals surface area (Å²) in [4.78, 5) is 13.0. The van der Waals surface area contributed by atoms with Gasteiger partial charge in [-0.1, -0.05) is 78.9 Å². The first-order valence-electron chi connectivity index (χ1n) is 11.6. The highest BCUT2D eigenvalue weighted by molar-refractivity contribution is 5.89. The van der Waals surface area contributed by atoms with E-state index in [1.165, 1.54) is 7.11 Å². The number of esters is 1. The van der Waals surface area contributed by atoms with Crippen molar-refractivity contribution in [3.8, 4) is 0 Å². The molecule has 1 N–H and O–H groups in total. The van der Waals surface area contributed by atoms with E-state index in [0.29, 0.717) is 5.56 Å². The predicted molar refractivity (Wildman–Crippen MR) is 128 cm³/mol. The van der Waals surface area contributed by atoms with Gasteiger partial charge < -0.3 is 28.8 Å². The largest absolute Gasteiger partial charge is 0.450 e. The zero-order chi connectivity index (χ0) is 24.5. The molecular formula is C28H30O7. The second-order valence-electron chi connectivity index (χ2n) is 8.22. The molecule has 0 bridgehead atoms. The van der Waals surface area contributed by atoms with Gasteiger partial charge in [0.25, 0.3) is 0 Å². The highest BCUT2D eigenvalue weighted by atomic mass is 16.7. The molecule has 1 saturated heterocycles. The Morgan fingerprint density at radius 3 is 1.80 bits per heavy atom. The number of methoxy groups -OCH3 is 1. The number of aliphatic hydroxyl groups excluding tert-OH is 1. The Kier molecular flexibility index (Phi) is 9.00. The molecule has 1 unspecified atom stereocenters. The van der Waals surface area contributed by atoms with Crippen molar-refractivity contribution in [2.45, 2.75) is 43.9 Å². The standard InChI is InChI=1S/C28H30O7/c1-31-28-26(35-27(30)22-15-9-4-10-16-22)25(33-19-21-13-7-3-8-14-21)24(23(17-29)34-28)32-18-20-11-5-2-6-12-20/h2-16,23-26,28-29H,17-19H2,1H3/t23-,24-,25+,26-,28?/m1/s1. The molecular weight excluding hydrogens is 448 g/mol. The third-order valence-electron chi connectivity index (χ3n) is 5.83. The van der Waals surface area contributed by atoms with E-state index in [0.717, 1.165) is 11.1 Å². The van der Waals surface area contributed by atoms with Crippen LogP contribution in [-0.4, -0.2) is 55.5 Å². The fourth-order valence-corrected chi connectivity index (χ4v) is 4.03. The van der Waals surface area contributed by atoms with Crippen LogP contribution in [0.5, 0.6) is 0 Å². The van der Waals surface area contributed by atoms with Gasteiger partial charge in [0.15, 0.2) is 12.4 Å². The van der Waals surface area contributed by atoms with Gasteiger partial charge in [0.2, 0.25) is 0 Å². The molecule has 5 atom stereocenters. The number of hydrogen-bond donors (Lipinski definition) is 1. The van der Waals surface area contributed by atoms with Crippen LogP contribution in [0.15, 0.2) is 91.0 Å². The summed E-state index contributed by atoms with van der Waals surface area (Å²) >= 11 is 0. The van der Waals surface area contributed by atoms with E-state index in [-0.39, 0.29) is 19.8 Å². The van der Waals surface area contributed by atoms with Gasteiger partial charge in [0, 0.05) is 7.11 Å². The maximum absolute atomic E-state index is 13.0. The Hall–Kier alpha value is -3.07. The van der Waals surface area contributed by atoms with Crippen LogP contribution in [-0.2, 0) is 36.9 Å². The number of carbonyl (C=O) groups is 1. The summed E-state index contributed by atoms with van der Waals surface area (Å²) in [6, 6.07) is 28.0. The molecule has 35 heavy (non-hydrogen) atoms. The maximum Gasteiger partial charge on any atom is 0.338 e. The summed E-state index contributed by atoms with van der Waals surface area (Å²) in [6.45, 7) is 0.210. The normalized spacial score (nSPS) is 24.1. The van der Waals surface area contributed by atoms with Crippen molar-refractivity contribution in [3.63, 3.8) is 0 Å². The van der Waals surface area contributed by atoms with Gasteiger partial charge in [0.1, 0.15) is 18.3 Å². The van der Waals surface area contributed by atoms with Crippen molar-refractivity contribution in [2.75, 3.05) is 13.7 Å². The number of hydrogen-bond acceptors (Lipinski definition) is 7. The zero-order valence-corrected chi connectivity index (χ0v) is 19.6. The van der Waals surface area contributed by atoms with Crippen molar-refractivity contribution in [1.29, 1.82) is 0 Å². The van der Waals surface area contributed by atoms with Gasteiger partial charge in [0.05, 0.1) is 25.4 Å². The molecule has 0 radical (unpaired) electrons. The Labute approximate surface area is 205 Å². The average Bonchev–Trinajstić information content (AvgIpc) is 2.92. The molecule has 184 valence electrons. The second-order valence-corrected chi connectivity index (χ2v) is 8.22. The van der Waals surface area contributed by atoms with Gasteiger partial charge in [-0.25, -0.2) is 4.79 Å². The van der Waals surface area contributed by atoms with E-state index in [1.807, 2.05) is 66.7 Å². The van der Waals surface area contributed by atoms with E-state index >= 15 is 0 Å². The first kappa shape index (κ1) is 25.0. The molecule has 7 nitrogen and oxygen atoms in total. The minimum atomic E-state index is -0.947. The van der Waals surface area contributed by atoms with Gasteiger partial charge in [-0.15, -0.1) is 0 Å². The Bertz CT molecular complexity index is 1030. The van der Waals surface area contributed by atoms with Crippen LogP contribution in [0.3, 0.4) is 0 Å². The molecule has 7 heteroatoms. The minimum Gasteiger partial charge on any atom is -0.450 e. The van der Waals surface area contributed by atoms with Crippen LogP contribution >= 0.6 is 0 Å². The van der Waals surface area contributed by atoms with Gasteiger partial charge >= 0.3 is 5.97 Å². The van der Waals surface area contributed by atoms with Crippen LogP contribution in [0.25, 0.3) is 0 Å². The molecule has 1 aliphatic heterocycles. The molecule has 0 spiro atoms. The van der Waals surface area contributed by atoms with Gasteiger partial charge in [-0.2, -0.15) is 0 Å². The molecule has 0 aromatic heterocycles. The molecule has 0 aliphatic carbocycles. The second kappa shape index (κ2) is 12.6. The molecule has 0 saturated carbocycles. The van der Waals surface area contributed by atoms with E-state index in [1.54, 1.807) is 24.3 Å². The first-order valence-corrected chi connectivity index (χ1v) is 11.6. The van der Waals surface area contributed by atoms with Crippen LogP contribution in [0, 0.1) is 0 Å². The lowest BCUT2D eigenvalue weighted by atomic mass is 9.98. The number of carbonyl (C=O) groups excluding carboxylic acids is 1. The summed E-state index contributed by atoms with van der Waals surface area (Å²) in [5.41, 5.74) is 2.30. The van der Waals surface area contributed by atoms with Crippen LogP contribution < -0.4 is 0 Å².